The minimum Gasteiger partial charge on any atom is -0.383 e. The third-order valence-electron chi connectivity index (χ3n) is 2.17. The van der Waals surface area contributed by atoms with Gasteiger partial charge in [-0.15, -0.1) is 11.3 Å². The number of nitrogens with two attached hydrogens (primary N) is 1. The van der Waals surface area contributed by atoms with Gasteiger partial charge in [-0.05, 0) is 13.8 Å². The van der Waals surface area contributed by atoms with Crippen LogP contribution in [0.3, 0.4) is 0 Å². The summed E-state index contributed by atoms with van der Waals surface area (Å²) in [5, 5.41) is 3.62. The summed E-state index contributed by atoms with van der Waals surface area (Å²) in [6.45, 7) is 4.61. The normalized spacial score (nSPS) is 12.5. The maximum absolute atomic E-state index is 11.5. The highest BCUT2D eigenvalue weighted by Gasteiger charge is 2.13. The zero-order valence-corrected chi connectivity index (χ0v) is 10.6. The Kier molecular flexibility index (Phi) is 4.85. The number of nitrogens with zero attached hydrogens (tertiary/aromatic N) is 1. The van der Waals surface area contributed by atoms with E-state index in [2.05, 4.69) is 10.3 Å². The van der Waals surface area contributed by atoms with Crippen LogP contribution in [0.25, 0.3) is 0 Å². The maximum atomic E-state index is 11.5. The zero-order chi connectivity index (χ0) is 12.1. The fourth-order valence-corrected chi connectivity index (χ4v) is 2.04. The molecule has 1 amide bonds. The molecule has 1 heterocycles. The highest BCUT2D eigenvalue weighted by Crippen LogP contribution is 2.15. The lowest BCUT2D eigenvalue weighted by Crippen LogP contribution is -2.43. The van der Waals surface area contributed by atoms with Crippen LogP contribution in [0.5, 0.6) is 0 Å². The molecule has 1 rings (SSSR count). The molecule has 1 aromatic rings. The number of methoxy groups -OCH3 is 1. The van der Waals surface area contributed by atoms with E-state index in [9.17, 15) is 4.79 Å². The summed E-state index contributed by atoms with van der Waals surface area (Å²) < 4.78 is 4.80. The van der Waals surface area contributed by atoms with E-state index in [1.54, 1.807) is 11.3 Å². The summed E-state index contributed by atoms with van der Waals surface area (Å²) in [4.78, 5) is 16.9. The summed E-state index contributed by atoms with van der Waals surface area (Å²) in [5.41, 5.74) is 6.58. The molecule has 0 aliphatic carbocycles. The Balaban J connectivity index is 2.42. The first-order valence-corrected chi connectivity index (χ1v) is 5.81. The van der Waals surface area contributed by atoms with Crippen LogP contribution in [-0.2, 0) is 16.1 Å². The third kappa shape index (κ3) is 3.55. The van der Waals surface area contributed by atoms with Gasteiger partial charge in [0.1, 0.15) is 11.0 Å². The van der Waals surface area contributed by atoms with E-state index in [0.717, 1.165) is 10.7 Å². The molecule has 0 radical (unpaired) electrons. The first-order chi connectivity index (χ1) is 7.54. The van der Waals surface area contributed by atoms with Crippen molar-refractivity contribution in [2.75, 3.05) is 13.7 Å². The van der Waals surface area contributed by atoms with Crippen molar-refractivity contribution in [3.8, 4) is 0 Å². The predicted molar refractivity (Wildman–Crippen MR) is 63.3 cm³/mol. The van der Waals surface area contributed by atoms with Gasteiger partial charge in [0.15, 0.2) is 0 Å². The van der Waals surface area contributed by atoms with Gasteiger partial charge in [-0.1, -0.05) is 0 Å². The Labute approximate surface area is 99.0 Å². The second-order valence-corrected chi connectivity index (χ2v) is 4.82. The van der Waals surface area contributed by atoms with Crippen LogP contribution in [0.2, 0.25) is 0 Å². The Bertz CT molecular complexity index is 345. The van der Waals surface area contributed by atoms with Crippen molar-refractivity contribution in [2.45, 2.75) is 26.4 Å². The van der Waals surface area contributed by atoms with Gasteiger partial charge in [0, 0.05) is 12.0 Å². The molecule has 0 aromatic carbocycles. The summed E-state index contributed by atoms with van der Waals surface area (Å²) in [6, 6.07) is -0.618. The SMILES string of the molecule is COCC(N)C(=O)NCc1nc(C)c(C)s1. The van der Waals surface area contributed by atoms with Gasteiger partial charge in [-0.3, -0.25) is 4.79 Å². The molecule has 0 aliphatic heterocycles. The van der Waals surface area contributed by atoms with Crippen molar-refractivity contribution < 1.29 is 9.53 Å². The number of ether oxygens (including phenoxy) is 1. The third-order valence-corrected chi connectivity index (χ3v) is 3.24. The highest BCUT2D eigenvalue weighted by molar-refractivity contribution is 7.11. The van der Waals surface area contributed by atoms with Gasteiger partial charge in [0.2, 0.25) is 5.91 Å². The Morgan fingerprint density at radius 2 is 2.31 bits per heavy atom. The first-order valence-electron chi connectivity index (χ1n) is 4.99. The molecular weight excluding hydrogens is 226 g/mol. The topological polar surface area (TPSA) is 77.2 Å². The van der Waals surface area contributed by atoms with Crippen LogP contribution >= 0.6 is 11.3 Å². The number of hydrogen-bond acceptors (Lipinski definition) is 5. The average Bonchev–Trinajstić information content (AvgIpc) is 2.55. The average molecular weight is 243 g/mol. The van der Waals surface area contributed by atoms with Crippen molar-refractivity contribution in [3.05, 3.63) is 15.6 Å². The van der Waals surface area contributed by atoms with Crippen LogP contribution in [-0.4, -0.2) is 30.6 Å². The summed E-state index contributed by atoms with van der Waals surface area (Å²) in [5.74, 6) is -0.215. The summed E-state index contributed by atoms with van der Waals surface area (Å²) in [6.07, 6.45) is 0. The van der Waals surface area contributed by atoms with E-state index in [1.165, 1.54) is 12.0 Å². The van der Waals surface area contributed by atoms with Crippen molar-refractivity contribution in [2.24, 2.45) is 5.73 Å². The zero-order valence-electron chi connectivity index (χ0n) is 9.74. The van der Waals surface area contributed by atoms with Crippen LogP contribution < -0.4 is 11.1 Å². The highest BCUT2D eigenvalue weighted by atomic mass is 32.1. The van der Waals surface area contributed by atoms with Crippen molar-refractivity contribution in [1.29, 1.82) is 0 Å². The lowest BCUT2D eigenvalue weighted by atomic mass is 10.3. The fraction of sp³-hybridized carbons (Fsp3) is 0.600. The molecule has 0 saturated heterocycles. The lowest BCUT2D eigenvalue weighted by molar-refractivity contribution is -0.123. The number of carbonyl (C=O) groups is 1. The van der Waals surface area contributed by atoms with Crippen molar-refractivity contribution >= 4 is 17.2 Å². The van der Waals surface area contributed by atoms with Gasteiger partial charge in [0.05, 0.1) is 18.8 Å². The van der Waals surface area contributed by atoms with Gasteiger partial charge in [-0.2, -0.15) is 0 Å². The maximum Gasteiger partial charge on any atom is 0.239 e. The molecule has 0 aliphatic rings. The Morgan fingerprint density at radius 1 is 1.62 bits per heavy atom. The van der Waals surface area contributed by atoms with E-state index in [-0.39, 0.29) is 12.5 Å². The quantitative estimate of drug-likeness (QED) is 0.782. The molecular formula is C10H17N3O2S. The molecule has 1 aromatic heterocycles. The number of nitrogens with one attached hydrogen (secondary N) is 1. The standard InChI is InChI=1S/C10H17N3O2S/c1-6-7(2)16-9(13-6)4-12-10(14)8(11)5-15-3/h8H,4-5,11H2,1-3H3,(H,12,14). The van der Waals surface area contributed by atoms with Gasteiger partial charge < -0.3 is 15.8 Å². The van der Waals surface area contributed by atoms with Crippen LogP contribution in [0.1, 0.15) is 15.6 Å². The van der Waals surface area contributed by atoms with Gasteiger partial charge >= 0.3 is 0 Å². The second kappa shape index (κ2) is 5.93. The molecule has 5 nitrogen and oxygen atoms in total. The molecule has 0 spiro atoms. The Morgan fingerprint density at radius 3 is 2.81 bits per heavy atom. The summed E-state index contributed by atoms with van der Waals surface area (Å²) >= 11 is 1.58. The number of amides is 1. The molecule has 90 valence electrons. The van der Waals surface area contributed by atoms with Crippen molar-refractivity contribution in [1.82, 2.24) is 10.3 Å². The number of hydrogen-bond donors (Lipinski definition) is 2. The number of aryl methyl sites for hydroxylation is 2. The minimum absolute atomic E-state index is 0.215. The molecule has 0 saturated carbocycles. The number of thiazole rings is 1. The predicted octanol–water partition coefficient (Wildman–Crippen LogP) is 0.350. The van der Waals surface area contributed by atoms with E-state index in [4.69, 9.17) is 10.5 Å². The Hall–Kier alpha value is -0.980. The minimum atomic E-state index is -0.618. The second-order valence-electron chi connectivity index (χ2n) is 3.53. The van der Waals surface area contributed by atoms with Crippen LogP contribution in [0, 0.1) is 13.8 Å². The van der Waals surface area contributed by atoms with Crippen molar-refractivity contribution in [3.63, 3.8) is 0 Å². The molecule has 16 heavy (non-hydrogen) atoms. The molecule has 0 bridgehead atoms. The lowest BCUT2D eigenvalue weighted by Gasteiger charge is -2.09. The molecule has 1 atom stereocenters. The van der Waals surface area contributed by atoms with E-state index >= 15 is 0 Å². The van der Waals surface area contributed by atoms with E-state index in [0.29, 0.717) is 6.54 Å². The molecule has 3 N–H and O–H groups in total. The monoisotopic (exact) mass is 243 g/mol. The van der Waals surface area contributed by atoms with Gasteiger partial charge in [0.25, 0.3) is 0 Å². The van der Waals surface area contributed by atoms with E-state index < -0.39 is 6.04 Å². The fourth-order valence-electron chi connectivity index (χ4n) is 1.16. The number of rotatable bonds is 5. The smallest absolute Gasteiger partial charge is 0.239 e. The molecule has 0 fully saturated rings. The molecule has 6 heteroatoms. The number of aromatic nitrogens is 1. The van der Waals surface area contributed by atoms with Crippen LogP contribution in [0.15, 0.2) is 0 Å². The van der Waals surface area contributed by atoms with Gasteiger partial charge in [-0.25, -0.2) is 4.98 Å². The molecule has 1 unspecified atom stereocenters. The largest absolute Gasteiger partial charge is 0.383 e. The van der Waals surface area contributed by atoms with E-state index in [1.807, 2.05) is 13.8 Å². The van der Waals surface area contributed by atoms with Crippen LogP contribution in [0.4, 0.5) is 0 Å². The first kappa shape index (κ1) is 13.1. The summed E-state index contributed by atoms with van der Waals surface area (Å²) in [7, 11) is 1.51. The number of carbonyl (C=O) groups excluding carboxylic acids is 1.